The number of nitrogens with one attached hydrogen (secondary N) is 1. The van der Waals surface area contributed by atoms with E-state index >= 15 is 0 Å². The summed E-state index contributed by atoms with van der Waals surface area (Å²) in [6, 6.07) is -0.859. The molecule has 2 atom stereocenters. The van der Waals surface area contributed by atoms with E-state index in [1.807, 2.05) is 0 Å². The first-order valence-corrected chi connectivity index (χ1v) is 7.64. The number of carbonyl (C=O) groups excluding carboxylic acids is 2. The zero-order valence-corrected chi connectivity index (χ0v) is 12.6. The van der Waals surface area contributed by atoms with Gasteiger partial charge in [-0.05, 0) is 25.1 Å². The summed E-state index contributed by atoms with van der Waals surface area (Å²) in [6.45, 7) is 1.86. The van der Waals surface area contributed by atoms with Crippen LogP contribution in [0, 0.1) is 0 Å². The Morgan fingerprint density at radius 2 is 2.16 bits per heavy atom. The Balaban J connectivity index is 4.12. The highest BCUT2D eigenvalue weighted by Crippen LogP contribution is 1.98. The molecule has 0 saturated heterocycles. The van der Waals surface area contributed by atoms with Crippen LogP contribution < -0.4 is 5.32 Å². The lowest BCUT2D eigenvalue weighted by Crippen LogP contribution is -2.44. The van der Waals surface area contributed by atoms with Crippen molar-refractivity contribution < 1.29 is 18.5 Å². The molecule has 2 unspecified atom stereocenters. The van der Waals surface area contributed by atoms with Gasteiger partial charge in [0.2, 0.25) is 5.91 Å². The summed E-state index contributed by atoms with van der Waals surface area (Å²) >= 11 is 4.42. The van der Waals surface area contributed by atoms with E-state index in [9.17, 15) is 13.8 Å². The molecule has 0 aliphatic heterocycles. The van der Waals surface area contributed by atoms with Crippen LogP contribution in [0.4, 0.5) is 0 Å². The topological polar surface area (TPSA) is 84.8 Å². The van der Waals surface area contributed by atoms with Crippen molar-refractivity contribution in [2.45, 2.75) is 25.8 Å². The highest BCUT2D eigenvalue weighted by Gasteiger charge is 2.22. The Morgan fingerprint density at radius 3 is 2.68 bits per heavy atom. The molecule has 0 bridgehead atoms. The molecule has 0 radical (unpaired) electrons. The number of thiocarbonyl (C=S) groups is 1. The number of amides is 1. The molecule has 19 heavy (non-hydrogen) atoms. The molecule has 0 aromatic heterocycles. The van der Waals surface area contributed by atoms with Crippen molar-refractivity contribution in [3.05, 3.63) is 0 Å². The van der Waals surface area contributed by atoms with Gasteiger partial charge in [0, 0.05) is 30.0 Å². The van der Waals surface area contributed by atoms with Gasteiger partial charge < -0.3 is 10.1 Å². The fraction of sp³-hybridized carbons (Fsp3) is 0.727. The van der Waals surface area contributed by atoms with Gasteiger partial charge in [0.1, 0.15) is 6.04 Å². The van der Waals surface area contributed by atoms with Crippen LogP contribution in [-0.4, -0.2) is 52.4 Å². The molecule has 6 nitrogen and oxygen atoms in total. The van der Waals surface area contributed by atoms with E-state index in [1.165, 1.54) is 14.0 Å². The fourth-order valence-corrected chi connectivity index (χ4v) is 2.70. The zero-order valence-electron chi connectivity index (χ0n) is 11.0. The smallest absolute Gasteiger partial charge is 0.329 e. The molecule has 0 fully saturated rings. The molecule has 0 spiro atoms. The number of carbonyl (C=O) groups is 2. The minimum atomic E-state index is -1.20. The van der Waals surface area contributed by atoms with Gasteiger partial charge in [0.15, 0.2) is 0 Å². The van der Waals surface area contributed by atoms with Gasteiger partial charge in [0.05, 0.1) is 18.0 Å². The Labute approximate surface area is 120 Å². The third-order valence-corrected chi connectivity index (χ3v) is 3.75. The summed E-state index contributed by atoms with van der Waals surface area (Å²) in [5, 5.41) is 4.68. The number of isothiocyanates is 1. The maximum absolute atomic E-state index is 11.8. The lowest BCUT2D eigenvalue weighted by atomic mass is 10.3. The van der Waals surface area contributed by atoms with Crippen molar-refractivity contribution in [1.29, 1.82) is 0 Å². The van der Waals surface area contributed by atoms with Crippen LogP contribution in [0.5, 0.6) is 0 Å². The van der Waals surface area contributed by atoms with Crippen molar-refractivity contribution >= 4 is 40.1 Å². The number of ether oxygens (including phenoxy) is 1. The number of rotatable bonds is 9. The second kappa shape index (κ2) is 10.8. The summed E-state index contributed by atoms with van der Waals surface area (Å²) in [7, 11) is 0.0278. The quantitative estimate of drug-likeness (QED) is 0.286. The molecule has 0 saturated carbocycles. The number of nitrogens with zero attached hydrogens (tertiary/aromatic N) is 1. The van der Waals surface area contributed by atoms with Crippen LogP contribution in [0.1, 0.15) is 19.8 Å². The van der Waals surface area contributed by atoms with Gasteiger partial charge in [-0.15, -0.1) is 0 Å². The Kier molecular flexibility index (Phi) is 10.1. The van der Waals surface area contributed by atoms with E-state index in [0.29, 0.717) is 18.7 Å². The standard InChI is InChI=1S/C11H18N2O4S2/c1-9(14)13-10(11(15)17-2)7-19(16)6-4-3-5-12-8-18/h10H,3-7H2,1-2H3,(H,13,14). The molecule has 0 aliphatic rings. The van der Waals surface area contributed by atoms with E-state index in [1.54, 1.807) is 0 Å². The number of hydrogen-bond donors (Lipinski definition) is 1. The molecule has 1 amide bonds. The van der Waals surface area contributed by atoms with Crippen LogP contribution in [0.25, 0.3) is 0 Å². The van der Waals surface area contributed by atoms with Gasteiger partial charge in [0.25, 0.3) is 0 Å². The highest BCUT2D eigenvalue weighted by molar-refractivity contribution is 7.85. The van der Waals surface area contributed by atoms with Crippen molar-refractivity contribution in [2.24, 2.45) is 4.99 Å². The summed E-state index contributed by atoms with van der Waals surface area (Å²) in [5.74, 6) is -0.445. The predicted molar refractivity (Wildman–Crippen MR) is 76.6 cm³/mol. The molecule has 0 aromatic rings. The lowest BCUT2D eigenvalue weighted by molar-refractivity contribution is -0.144. The third-order valence-electron chi connectivity index (χ3n) is 2.17. The first kappa shape index (κ1) is 17.9. The molecule has 0 rings (SSSR count). The molecule has 0 aromatic carbocycles. The number of unbranched alkanes of at least 4 members (excludes halogenated alkanes) is 1. The second-order valence-corrected chi connectivity index (χ2v) is 5.57. The number of methoxy groups -OCH3 is 1. The fourth-order valence-electron chi connectivity index (χ4n) is 1.33. The molecular weight excluding hydrogens is 288 g/mol. The van der Waals surface area contributed by atoms with Crippen molar-refractivity contribution in [3.63, 3.8) is 0 Å². The summed E-state index contributed by atoms with van der Waals surface area (Å²) in [4.78, 5) is 26.1. The van der Waals surface area contributed by atoms with Crippen LogP contribution in [0.3, 0.4) is 0 Å². The van der Waals surface area contributed by atoms with Crippen LogP contribution in [0.2, 0.25) is 0 Å². The zero-order chi connectivity index (χ0) is 14.7. The molecule has 0 aliphatic carbocycles. The molecule has 0 heterocycles. The SMILES string of the molecule is COC(=O)C(CS(=O)CCCCN=C=S)NC(C)=O. The Morgan fingerprint density at radius 1 is 1.47 bits per heavy atom. The van der Waals surface area contributed by atoms with Gasteiger partial charge in [-0.3, -0.25) is 9.00 Å². The maximum Gasteiger partial charge on any atom is 0.329 e. The third kappa shape index (κ3) is 9.47. The summed E-state index contributed by atoms with van der Waals surface area (Å²) < 4.78 is 16.3. The molecule has 8 heteroatoms. The summed E-state index contributed by atoms with van der Waals surface area (Å²) in [5.41, 5.74) is 0. The normalized spacial score (nSPS) is 12.9. The average Bonchev–Trinajstić information content (AvgIpc) is 2.36. The first-order chi connectivity index (χ1) is 9.01. The van der Waals surface area contributed by atoms with E-state index < -0.39 is 22.8 Å². The van der Waals surface area contributed by atoms with E-state index in [2.05, 4.69) is 32.4 Å². The van der Waals surface area contributed by atoms with E-state index in [4.69, 9.17) is 0 Å². The monoisotopic (exact) mass is 306 g/mol. The van der Waals surface area contributed by atoms with E-state index in [0.717, 1.165) is 6.42 Å². The molecular formula is C11H18N2O4S2. The van der Waals surface area contributed by atoms with Gasteiger partial charge in [-0.2, -0.15) is 0 Å². The number of aliphatic imine (C=N–C) groups is 1. The van der Waals surface area contributed by atoms with Gasteiger partial charge >= 0.3 is 5.97 Å². The van der Waals surface area contributed by atoms with Crippen molar-refractivity contribution in [1.82, 2.24) is 5.32 Å². The largest absolute Gasteiger partial charge is 0.467 e. The molecule has 1 N–H and O–H groups in total. The highest BCUT2D eigenvalue weighted by atomic mass is 32.2. The minimum Gasteiger partial charge on any atom is -0.467 e. The van der Waals surface area contributed by atoms with Crippen molar-refractivity contribution in [3.8, 4) is 0 Å². The van der Waals surface area contributed by atoms with E-state index in [-0.39, 0.29) is 11.7 Å². The van der Waals surface area contributed by atoms with Crippen LogP contribution >= 0.6 is 12.2 Å². The van der Waals surface area contributed by atoms with Gasteiger partial charge in [-0.25, -0.2) is 9.79 Å². The second-order valence-electron chi connectivity index (χ2n) is 3.77. The summed E-state index contributed by atoms with van der Waals surface area (Å²) in [6.07, 6.45) is 1.47. The average molecular weight is 306 g/mol. The maximum atomic E-state index is 11.8. The minimum absolute atomic E-state index is 0.0582. The van der Waals surface area contributed by atoms with Gasteiger partial charge in [-0.1, -0.05) is 0 Å². The Bertz CT molecular complexity index is 381. The number of esters is 1. The van der Waals surface area contributed by atoms with Crippen LogP contribution in [-0.2, 0) is 25.1 Å². The lowest BCUT2D eigenvalue weighted by Gasteiger charge is -2.14. The van der Waals surface area contributed by atoms with Crippen LogP contribution in [0.15, 0.2) is 4.99 Å². The Hall–Kier alpha value is -1.11. The molecule has 108 valence electrons. The predicted octanol–water partition coefficient (Wildman–Crippen LogP) is 0.296. The first-order valence-electron chi connectivity index (χ1n) is 5.74. The van der Waals surface area contributed by atoms with Crippen molar-refractivity contribution in [2.75, 3.05) is 25.2 Å². The number of hydrogen-bond acceptors (Lipinski definition) is 6.